The van der Waals surface area contributed by atoms with Gasteiger partial charge in [-0.3, -0.25) is 0 Å². The second-order valence-electron chi connectivity index (χ2n) is 9.86. The maximum atomic E-state index is 6.24. The first-order valence-electron chi connectivity index (χ1n) is 11.6. The Bertz CT molecular complexity index is 1190. The van der Waals surface area contributed by atoms with Crippen molar-refractivity contribution in [3.8, 4) is 5.75 Å². The molecule has 0 radical (unpaired) electrons. The lowest BCUT2D eigenvalue weighted by molar-refractivity contribution is 0.413. The molecule has 3 rings (SSSR count). The highest BCUT2D eigenvalue weighted by Gasteiger charge is 2.38. The minimum Gasteiger partial charge on any atom is -0.497 e. The third kappa shape index (κ3) is 5.08. The van der Waals surface area contributed by atoms with Gasteiger partial charge in [-0.15, -0.1) is 0 Å². The van der Waals surface area contributed by atoms with Crippen molar-refractivity contribution in [1.82, 2.24) is 0 Å². The molecule has 2 aromatic carbocycles. The Morgan fingerprint density at radius 2 is 1.71 bits per heavy atom. The van der Waals surface area contributed by atoms with Crippen LogP contribution in [0.25, 0.3) is 0 Å². The molecule has 1 heterocycles. The first-order valence-corrected chi connectivity index (χ1v) is 12.0. The average Bonchev–Trinajstić information content (AvgIpc) is 2.99. The molecule has 0 amide bonds. The summed E-state index contributed by atoms with van der Waals surface area (Å²) in [6.45, 7) is 15.3. The smallest absolute Gasteiger partial charge is 0.119 e. The molecule has 0 saturated heterocycles. The molecule has 1 aliphatic heterocycles. The number of methoxy groups -OCH3 is 1. The van der Waals surface area contributed by atoms with E-state index in [0.29, 0.717) is 0 Å². The maximum absolute atomic E-state index is 6.24. The van der Waals surface area contributed by atoms with Gasteiger partial charge < -0.3 is 9.64 Å². The molecule has 2 nitrogen and oxygen atoms in total. The summed E-state index contributed by atoms with van der Waals surface area (Å²) in [6, 6.07) is 12.3. The molecule has 0 fully saturated rings. The topological polar surface area (TPSA) is 12.5 Å². The number of anilines is 1. The molecule has 1 aliphatic rings. The summed E-state index contributed by atoms with van der Waals surface area (Å²) in [6.07, 6.45) is 14.5. The van der Waals surface area contributed by atoms with Crippen LogP contribution in [-0.4, -0.2) is 14.2 Å². The van der Waals surface area contributed by atoms with Crippen molar-refractivity contribution in [2.24, 2.45) is 0 Å². The standard InChI is InChI=1S/C31H36ClNO/c1-22-16-17-24(32)20-26(22)30(3,4)23(2)14-12-10-9-11-13-15-29-31(5,6)27-21-25(34-8)18-19-28(27)33(29)7/h9-21H,2H2,1,3-8H3/b10-9+,13-11+,14-12+,29-15+. The highest BCUT2D eigenvalue weighted by Crippen LogP contribution is 2.48. The van der Waals surface area contributed by atoms with Crippen molar-refractivity contribution in [2.75, 3.05) is 19.1 Å². The van der Waals surface area contributed by atoms with Crippen molar-refractivity contribution >= 4 is 17.3 Å². The van der Waals surface area contributed by atoms with Gasteiger partial charge in [0.1, 0.15) is 5.75 Å². The fourth-order valence-electron chi connectivity index (χ4n) is 4.60. The van der Waals surface area contributed by atoms with E-state index in [1.54, 1.807) is 7.11 Å². The third-order valence-corrected chi connectivity index (χ3v) is 7.15. The third-order valence-electron chi connectivity index (χ3n) is 6.91. The predicted molar refractivity (Wildman–Crippen MR) is 148 cm³/mol. The minimum atomic E-state index is -0.199. The van der Waals surface area contributed by atoms with E-state index in [1.807, 2.05) is 36.4 Å². The number of ether oxygens (including phenoxy) is 1. The van der Waals surface area contributed by atoms with Crippen LogP contribution in [0.15, 0.2) is 96.8 Å². The predicted octanol–water partition coefficient (Wildman–Crippen LogP) is 8.47. The maximum Gasteiger partial charge on any atom is 0.119 e. The Kier molecular flexibility index (Phi) is 7.63. The largest absolute Gasteiger partial charge is 0.497 e. The summed E-state index contributed by atoms with van der Waals surface area (Å²) in [4.78, 5) is 2.26. The highest BCUT2D eigenvalue weighted by atomic mass is 35.5. The summed E-state index contributed by atoms with van der Waals surface area (Å²) in [5.74, 6) is 0.891. The number of likely N-dealkylation sites (N-methyl/N-ethyl adjacent to an activating group) is 1. The van der Waals surface area contributed by atoms with E-state index in [9.17, 15) is 0 Å². The zero-order valence-corrected chi connectivity index (χ0v) is 22.2. The van der Waals surface area contributed by atoms with Gasteiger partial charge in [0, 0.05) is 34.3 Å². The molecule has 178 valence electrons. The fraction of sp³-hybridized carbons (Fsp3) is 0.290. The number of allylic oxidation sites excluding steroid dienone is 9. The van der Waals surface area contributed by atoms with Crippen molar-refractivity contribution in [3.63, 3.8) is 0 Å². The number of benzene rings is 2. The number of hydrogen-bond acceptors (Lipinski definition) is 2. The van der Waals surface area contributed by atoms with E-state index in [0.717, 1.165) is 16.3 Å². The molecule has 0 N–H and O–H groups in total. The number of fused-ring (bicyclic) bond motifs is 1. The van der Waals surface area contributed by atoms with Crippen molar-refractivity contribution in [1.29, 1.82) is 0 Å². The quantitative estimate of drug-likeness (QED) is 0.374. The Hall–Kier alpha value is -2.97. The van der Waals surface area contributed by atoms with Crippen LogP contribution in [0.5, 0.6) is 5.75 Å². The number of aryl methyl sites for hydroxylation is 1. The normalized spacial score (nSPS) is 16.8. The number of nitrogens with zero attached hydrogens (tertiary/aromatic N) is 1. The monoisotopic (exact) mass is 473 g/mol. The summed E-state index contributed by atoms with van der Waals surface area (Å²) in [5, 5.41) is 0.753. The van der Waals surface area contributed by atoms with E-state index in [1.165, 1.54) is 28.1 Å². The molecule has 0 aliphatic carbocycles. The van der Waals surface area contributed by atoms with Gasteiger partial charge in [0.2, 0.25) is 0 Å². The van der Waals surface area contributed by atoms with Crippen LogP contribution in [0.4, 0.5) is 5.69 Å². The van der Waals surface area contributed by atoms with Gasteiger partial charge in [0.15, 0.2) is 0 Å². The molecular formula is C31H36ClNO. The Labute approximate surface area is 210 Å². The van der Waals surface area contributed by atoms with Crippen molar-refractivity contribution in [2.45, 2.75) is 45.4 Å². The molecule has 34 heavy (non-hydrogen) atoms. The zero-order chi connectivity index (χ0) is 25.1. The van der Waals surface area contributed by atoms with Gasteiger partial charge in [-0.1, -0.05) is 88.4 Å². The van der Waals surface area contributed by atoms with Crippen LogP contribution in [0.2, 0.25) is 5.02 Å². The zero-order valence-electron chi connectivity index (χ0n) is 21.4. The van der Waals surface area contributed by atoms with E-state index in [2.05, 4.69) is 95.6 Å². The molecule has 2 aromatic rings. The lowest BCUT2D eigenvalue weighted by Gasteiger charge is -2.28. The van der Waals surface area contributed by atoms with Gasteiger partial charge in [-0.25, -0.2) is 0 Å². The van der Waals surface area contributed by atoms with E-state index in [-0.39, 0.29) is 10.8 Å². The lowest BCUT2D eigenvalue weighted by Crippen LogP contribution is -2.22. The molecule has 0 aromatic heterocycles. The Balaban J connectivity index is 1.68. The number of halogens is 1. The second kappa shape index (κ2) is 10.1. The molecule has 3 heteroatoms. The Morgan fingerprint density at radius 1 is 1.03 bits per heavy atom. The second-order valence-corrected chi connectivity index (χ2v) is 10.3. The van der Waals surface area contributed by atoms with Gasteiger partial charge in [0.05, 0.1) is 7.11 Å². The average molecular weight is 474 g/mol. The minimum absolute atomic E-state index is 0.0889. The molecular weight excluding hydrogens is 438 g/mol. The van der Waals surface area contributed by atoms with Gasteiger partial charge in [-0.05, 0) is 65.6 Å². The molecule has 0 spiro atoms. The van der Waals surface area contributed by atoms with Gasteiger partial charge in [0.25, 0.3) is 0 Å². The summed E-state index contributed by atoms with van der Waals surface area (Å²) < 4.78 is 5.43. The van der Waals surface area contributed by atoms with Crippen LogP contribution >= 0.6 is 11.6 Å². The highest BCUT2D eigenvalue weighted by molar-refractivity contribution is 6.30. The van der Waals surface area contributed by atoms with E-state index >= 15 is 0 Å². The molecule has 0 bridgehead atoms. The van der Waals surface area contributed by atoms with Crippen LogP contribution in [0.3, 0.4) is 0 Å². The van der Waals surface area contributed by atoms with Crippen LogP contribution in [0, 0.1) is 6.92 Å². The lowest BCUT2D eigenvalue weighted by atomic mass is 9.76. The Morgan fingerprint density at radius 3 is 2.41 bits per heavy atom. The van der Waals surface area contributed by atoms with Crippen LogP contribution in [-0.2, 0) is 10.8 Å². The van der Waals surface area contributed by atoms with Crippen molar-refractivity contribution < 1.29 is 4.74 Å². The van der Waals surface area contributed by atoms with E-state index < -0.39 is 0 Å². The fourth-order valence-corrected chi connectivity index (χ4v) is 4.77. The van der Waals surface area contributed by atoms with Gasteiger partial charge in [-0.2, -0.15) is 0 Å². The molecule has 0 atom stereocenters. The SMILES string of the molecule is C=C(/C=C/C=C/C=C/C=C1/N(C)c2ccc(OC)cc2C1(C)C)C(C)(C)c1cc(Cl)ccc1C. The molecule has 0 saturated carbocycles. The number of rotatable bonds is 7. The first-order chi connectivity index (χ1) is 16.0. The van der Waals surface area contributed by atoms with Crippen LogP contribution in [0.1, 0.15) is 44.4 Å². The number of hydrogen-bond donors (Lipinski definition) is 0. The van der Waals surface area contributed by atoms with Crippen molar-refractivity contribution in [3.05, 3.63) is 118 Å². The van der Waals surface area contributed by atoms with Crippen LogP contribution < -0.4 is 9.64 Å². The van der Waals surface area contributed by atoms with E-state index in [4.69, 9.17) is 16.3 Å². The first kappa shape index (κ1) is 25.6. The van der Waals surface area contributed by atoms with Gasteiger partial charge >= 0.3 is 0 Å². The summed E-state index contributed by atoms with van der Waals surface area (Å²) in [5.41, 5.74) is 6.93. The summed E-state index contributed by atoms with van der Waals surface area (Å²) >= 11 is 6.24. The summed E-state index contributed by atoms with van der Waals surface area (Å²) in [7, 11) is 3.83. The molecule has 0 unspecified atom stereocenters.